The Hall–Kier alpha value is -2.00. The van der Waals surface area contributed by atoms with Gasteiger partial charge in [-0.25, -0.2) is 8.42 Å². The van der Waals surface area contributed by atoms with Crippen molar-refractivity contribution in [2.24, 2.45) is 5.92 Å². The molecule has 1 fully saturated rings. The lowest BCUT2D eigenvalue weighted by molar-refractivity contribution is -0.125. The van der Waals surface area contributed by atoms with Crippen molar-refractivity contribution in [1.82, 2.24) is 10.9 Å². The van der Waals surface area contributed by atoms with Gasteiger partial charge >= 0.3 is 0 Å². The minimum Gasteiger partial charge on any atom is -0.493 e. The first kappa shape index (κ1) is 18.3. The number of hydrazine groups is 1. The van der Waals surface area contributed by atoms with Crippen LogP contribution in [-0.2, 0) is 14.6 Å². The number of carbonyl (C=O) groups is 2. The van der Waals surface area contributed by atoms with E-state index in [4.69, 9.17) is 21.1 Å². The number of nitrogens with one attached hydrogen (secondary N) is 2. The van der Waals surface area contributed by atoms with Crippen LogP contribution in [0.25, 0.3) is 0 Å². The van der Waals surface area contributed by atoms with Gasteiger partial charge in [0.25, 0.3) is 5.91 Å². The van der Waals surface area contributed by atoms with E-state index in [1.165, 1.54) is 26.4 Å². The van der Waals surface area contributed by atoms with Crippen molar-refractivity contribution in [2.45, 2.75) is 6.42 Å². The lowest BCUT2D eigenvalue weighted by atomic mass is 10.1. The Morgan fingerprint density at radius 2 is 1.92 bits per heavy atom. The Balaban J connectivity index is 2.03. The van der Waals surface area contributed by atoms with Crippen LogP contribution in [-0.4, -0.2) is 46.0 Å². The predicted octanol–water partition coefficient (Wildman–Crippen LogP) is 0.553. The number of methoxy groups -OCH3 is 2. The number of ether oxygens (including phenoxy) is 2. The van der Waals surface area contributed by atoms with Crippen LogP contribution in [0.5, 0.6) is 11.5 Å². The van der Waals surface area contributed by atoms with Crippen LogP contribution in [0.2, 0.25) is 5.02 Å². The van der Waals surface area contributed by atoms with E-state index >= 15 is 0 Å². The zero-order valence-corrected chi connectivity index (χ0v) is 14.7. The van der Waals surface area contributed by atoms with Crippen LogP contribution in [0.4, 0.5) is 0 Å². The molecule has 1 aromatic carbocycles. The van der Waals surface area contributed by atoms with E-state index in [1.54, 1.807) is 0 Å². The van der Waals surface area contributed by atoms with Crippen LogP contribution in [0.1, 0.15) is 16.8 Å². The molecule has 1 aliphatic heterocycles. The number of amides is 2. The Morgan fingerprint density at radius 3 is 2.46 bits per heavy atom. The molecule has 2 amide bonds. The fraction of sp³-hybridized carbons (Fsp3) is 0.429. The number of halogens is 1. The van der Waals surface area contributed by atoms with Crippen LogP contribution in [0, 0.1) is 5.92 Å². The summed E-state index contributed by atoms with van der Waals surface area (Å²) in [6.45, 7) is 0. The summed E-state index contributed by atoms with van der Waals surface area (Å²) in [5.74, 6) is -1.51. The second kappa shape index (κ2) is 7.27. The Morgan fingerprint density at radius 1 is 1.21 bits per heavy atom. The van der Waals surface area contributed by atoms with Crippen molar-refractivity contribution in [3.63, 3.8) is 0 Å². The molecule has 8 nitrogen and oxygen atoms in total. The minimum atomic E-state index is -3.17. The molecule has 2 N–H and O–H groups in total. The second-order valence-corrected chi connectivity index (χ2v) is 7.87. The van der Waals surface area contributed by atoms with E-state index < -0.39 is 27.6 Å². The van der Waals surface area contributed by atoms with Gasteiger partial charge in [0.05, 0.1) is 36.7 Å². The molecule has 0 aliphatic carbocycles. The van der Waals surface area contributed by atoms with Gasteiger partial charge in [0.15, 0.2) is 21.3 Å². The summed E-state index contributed by atoms with van der Waals surface area (Å²) in [6, 6.07) is 2.77. The van der Waals surface area contributed by atoms with Gasteiger partial charge in [0, 0.05) is 5.56 Å². The molecule has 0 spiro atoms. The van der Waals surface area contributed by atoms with Gasteiger partial charge in [0.1, 0.15) is 0 Å². The molecule has 0 radical (unpaired) electrons. The molecule has 132 valence electrons. The van der Waals surface area contributed by atoms with Crippen molar-refractivity contribution < 1.29 is 27.5 Å². The minimum absolute atomic E-state index is 0.0235. The standard InChI is InChI=1S/C14H17ClN2O6S/c1-22-11-6-9(5-10(15)12(11)23-2)14(19)17-16-13(18)8-3-4-24(20,21)7-8/h5-6,8H,3-4,7H2,1-2H3,(H,16,18)(H,17,19)/t8-/m1/s1. The monoisotopic (exact) mass is 376 g/mol. The fourth-order valence-corrected chi connectivity index (χ4v) is 4.37. The van der Waals surface area contributed by atoms with Crippen molar-refractivity contribution in [2.75, 3.05) is 25.7 Å². The normalized spacial score (nSPS) is 18.7. The number of rotatable bonds is 4. The molecule has 1 aromatic rings. The summed E-state index contributed by atoms with van der Waals surface area (Å²) < 4.78 is 32.9. The third-order valence-electron chi connectivity index (χ3n) is 3.60. The van der Waals surface area contributed by atoms with E-state index in [0.29, 0.717) is 0 Å². The van der Waals surface area contributed by atoms with Gasteiger partial charge in [-0.2, -0.15) is 0 Å². The molecule has 24 heavy (non-hydrogen) atoms. The molecule has 0 bridgehead atoms. The highest BCUT2D eigenvalue weighted by molar-refractivity contribution is 7.91. The first-order valence-corrected chi connectivity index (χ1v) is 9.19. The van der Waals surface area contributed by atoms with Gasteiger partial charge < -0.3 is 9.47 Å². The number of hydrogen-bond acceptors (Lipinski definition) is 6. The van der Waals surface area contributed by atoms with Gasteiger partial charge in [-0.05, 0) is 18.6 Å². The maximum atomic E-state index is 12.1. The van der Waals surface area contributed by atoms with Gasteiger partial charge in [-0.1, -0.05) is 11.6 Å². The number of carbonyl (C=O) groups excluding carboxylic acids is 2. The Labute approximate surface area is 144 Å². The Bertz CT molecular complexity index is 765. The summed E-state index contributed by atoms with van der Waals surface area (Å²) in [5.41, 5.74) is 4.61. The summed E-state index contributed by atoms with van der Waals surface area (Å²) in [5, 5.41) is 0.176. The zero-order valence-electron chi connectivity index (χ0n) is 13.1. The van der Waals surface area contributed by atoms with Crippen molar-refractivity contribution in [3.05, 3.63) is 22.7 Å². The van der Waals surface area contributed by atoms with Crippen molar-refractivity contribution in [3.8, 4) is 11.5 Å². The topological polar surface area (TPSA) is 111 Å². The van der Waals surface area contributed by atoms with E-state index in [2.05, 4.69) is 10.9 Å². The van der Waals surface area contributed by atoms with Crippen molar-refractivity contribution in [1.29, 1.82) is 0 Å². The molecule has 1 atom stereocenters. The molecule has 10 heteroatoms. The number of hydrogen-bond donors (Lipinski definition) is 2. The molecule has 0 aromatic heterocycles. The fourth-order valence-electron chi connectivity index (χ4n) is 2.34. The second-order valence-electron chi connectivity index (χ2n) is 5.24. The molecule has 2 rings (SSSR count). The first-order chi connectivity index (χ1) is 11.3. The smallest absolute Gasteiger partial charge is 0.269 e. The summed E-state index contributed by atoms with van der Waals surface area (Å²) in [7, 11) is -0.358. The van der Waals surface area contributed by atoms with Crippen LogP contribution >= 0.6 is 11.6 Å². The highest BCUT2D eigenvalue weighted by atomic mass is 35.5. The van der Waals surface area contributed by atoms with Crippen LogP contribution < -0.4 is 20.3 Å². The van der Waals surface area contributed by atoms with E-state index in [9.17, 15) is 18.0 Å². The van der Waals surface area contributed by atoms with Crippen LogP contribution in [0.3, 0.4) is 0 Å². The largest absolute Gasteiger partial charge is 0.493 e. The number of benzene rings is 1. The maximum absolute atomic E-state index is 12.1. The average Bonchev–Trinajstić information content (AvgIpc) is 2.91. The van der Waals surface area contributed by atoms with Crippen molar-refractivity contribution >= 4 is 33.3 Å². The van der Waals surface area contributed by atoms with Gasteiger partial charge in [-0.3, -0.25) is 20.4 Å². The lowest BCUT2D eigenvalue weighted by Gasteiger charge is -2.13. The number of sulfone groups is 1. The molecule has 1 saturated heterocycles. The SMILES string of the molecule is COc1cc(C(=O)NNC(=O)[C@@H]2CCS(=O)(=O)C2)cc(Cl)c1OC. The summed E-state index contributed by atoms with van der Waals surface area (Å²) >= 11 is 6.02. The highest BCUT2D eigenvalue weighted by Crippen LogP contribution is 2.35. The molecule has 0 saturated carbocycles. The Kier molecular flexibility index (Phi) is 5.55. The molecular weight excluding hydrogens is 360 g/mol. The van der Waals surface area contributed by atoms with Gasteiger partial charge in [0.2, 0.25) is 5.91 Å². The first-order valence-electron chi connectivity index (χ1n) is 6.99. The van der Waals surface area contributed by atoms with E-state index in [-0.39, 0.29) is 40.0 Å². The molecular formula is C14H17ClN2O6S. The average molecular weight is 377 g/mol. The quantitative estimate of drug-likeness (QED) is 0.742. The van der Waals surface area contributed by atoms with E-state index in [0.717, 1.165) is 0 Å². The van der Waals surface area contributed by atoms with Gasteiger partial charge in [-0.15, -0.1) is 0 Å². The third kappa shape index (κ3) is 4.09. The zero-order chi connectivity index (χ0) is 17.9. The third-order valence-corrected chi connectivity index (χ3v) is 5.65. The lowest BCUT2D eigenvalue weighted by Crippen LogP contribution is -2.44. The highest BCUT2D eigenvalue weighted by Gasteiger charge is 2.33. The van der Waals surface area contributed by atoms with E-state index in [1.807, 2.05) is 0 Å². The summed E-state index contributed by atoms with van der Waals surface area (Å²) in [6.07, 6.45) is 0.242. The maximum Gasteiger partial charge on any atom is 0.269 e. The molecule has 0 unspecified atom stereocenters. The predicted molar refractivity (Wildman–Crippen MR) is 86.9 cm³/mol. The molecule has 1 heterocycles. The summed E-state index contributed by atoms with van der Waals surface area (Å²) in [4.78, 5) is 24.0. The van der Waals surface area contributed by atoms with Crippen LogP contribution in [0.15, 0.2) is 12.1 Å². The molecule has 1 aliphatic rings.